The molecular weight excluding hydrogens is 296 g/mol. The maximum atomic E-state index is 12.0. The van der Waals surface area contributed by atoms with Crippen molar-refractivity contribution in [1.82, 2.24) is 4.37 Å². The summed E-state index contributed by atoms with van der Waals surface area (Å²) in [7, 11) is 0. The van der Waals surface area contributed by atoms with Crippen molar-refractivity contribution in [3.05, 3.63) is 21.2 Å². The number of allylic oxidation sites excluding steroid dienone is 1. The van der Waals surface area contributed by atoms with Crippen LogP contribution < -0.4 is 5.32 Å². The first-order chi connectivity index (χ1) is 9.52. The fourth-order valence-corrected chi connectivity index (χ4v) is 3.47. The number of hydrogen-bond donors (Lipinski definition) is 1. The molecule has 6 heteroatoms. The molecule has 4 nitrogen and oxygen atoms in total. The van der Waals surface area contributed by atoms with Crippen LogP contribution >= 0.6 is 23.1 Å². The predicted octanol–water partition coefficient (Wildman–Crippen LogP) is 4.63. The normalized spacial score (nSPS) is 16.4. The number of hydrogen-bond acceptors (Lipinski definition) is 4. The molecule has 0 bridgehead atoms. The van der Waals surface area contributed by atoms with E-state index in [1.54, 1.807) is 0 Å². The number of anilines is 1. The average molecular weight is 315 g/mol. The smallest absolute Gasteiger partial charge is 0.412 e. The van der Waals surface area contributed by atoms with Gasteiger partial charge in [-0.1, -0.05) is 18.5 Å². The molecule has 0 saturated carbocycles. The number of carbonyl (C=O) groups excluding carboxylic acids is 1. The van der Waals surface area contributed by atoms with Gasteiger partial charge < -0.3 is 4.74 Å². The molecule has 1 aliphatic carbocycles. The maximum Gasteiger partial charge on any atom is 0.412 e. The van der Waals surface area contributed by atoms with Gasteiger partial charge in [0.15, 0.2) is 0 Å². The molecule has 1 aliphatic rings. The Morgan fingerprint density at radius 1 is 1.55 bits per heavy atom. The van der Waals surface area contributed by atoms with Crippen molar-refractivity contribution in [2.75, 3.05) is 5.32 Å². The summed E-state index contributed by atoms with van der Waals surface area (Å²) in [5.74, 6) is 0. The van der Waals surface area contributed by atoms with Gasteiger partial charge in [-0.05, 0) is 56.6 Å². The second-order valence-corrected chi connectivity index (χ2v) is 6.19. The molecule has 0 saturated heterocycles. The van der Waals surface area contributed by atoms with Gasteiger partial charge >= 0.3 is 6.09 Å². The molecule has 0 fully saturated rings. The van der Waals surface area contributed by atoms with E-state index in [-0.39, 0.29) is 6.10 Å². The van der Waals surface area contributed by atoms with Crippen molar-refractivity contribution in [2.24, 2.45) is 0 Å². The minimum Gasteiger partial charge on any atom is -0.442 e. The van der Waals surface area contributed by atoms with Crippen molar-refractivity contribution in [3.8, 4) is 0 Å². The lowest BCUT2D eigenvalue weighted by molar-refractivity contribution is 0.136. The number of ether oxygens (including phenoxy) is 1. The fraction of sp³-hybridized carbons (Fsp3) is 0.571. The number of rotatable bonds is 4. The summed E-state index contributed by atoms with van der Waals surface area (Å²) >= 11 is 7.54. The van der Waals surface area contributed by atoms with Gasteiger partial charge in [0.05, 0.1) is 11.4 Å². The molecule has 20 heavy (non-hydrogen) atoms. The Hall–Kier alpha value is -1.07. The van der Waals surface area contributed by atoms with E-state index in [9.17, 15) is 4.79 Å². The van der Waals surface area contributed by atoms with Crippen LogP contribution in [0.5, 0.6) is 0 Å². The molecule has 1 atom stereocenters. The SMILES string of the molecule is CCc1snc(C)c1NC(=O)OC(C)C1=C(Cl)CCC1. The molecule has 110 valence electrons. The molecule has 1 amide bonds. The van der Waals surface area contributed by atoms with Gasteiger partial charge in [0.25, 0.3) is 0 Å². The van der Waals surface area contributed by atoms with Crippen LogP contribution in [-0.2, 0) is 11.2 Å². The predicted molar refractivity (Wildman–Crippen MR) is 82.5 cm³/mol. The Balaban J connectivity index is 1.99. The summed E-state index contributed by atoms with van der Waals surface area (Å²) in [6.07, 6.45) is 2.96. The Bertz CT molecular complexity index is 539. The van der Waals surface area contributed by atoms with Crippen molar-refractivity contribution in [1.29, 1.82) is 0 Å². The fourth-order valence-electron chi connectivity index (χ4n) is 2.34. The highest BCUT2D eigenvalue weighted by atomic mass is 35.5. The molecule has 0 radical (unpaired) electrons. The third-order valence-electron chi connectivity index (χ3n) is 3.45. The van der Waals surface area contributed by atoms with E-state index in [1.165, 1.54) is 11.5 Å². The average Bonchev–Trinajstić information content (AvgIpc) is 2.97. The van der Waals surface area contributed by atoms with Crippen molar-refractivity contribution in [2.45, 2.75) is 52.6 Å². The summed E-state index contributed by atoms with van der Waals surface area (Å²) < 4.78 is 9.67. The van der Waals surface area contributed by atoms with Crippen molar-refractivity contribution in [3.63, 3.8) is 0 Å². The number of halogens is 1. The number of aryl methyl sites for hydroxylation is 2. The van der Waals surface area contributed by atoms with Gasteiger partial charge in [-0.25, -0.2) is 4.79 Å². The zero-order valence-corrected chi connectivity index (χ0v) is 13.5. The second-order valence-electron chi connectivity index (χ2n) is 4.88. The van der Waals surface area contributed by atoms with Crippen LogP contribution in [0, 0.1) is 6.92 Å². The molecule has 2 rings (SSSR count). The number of carbonyl (C=O) groups is 1. The van der Waals surface area contributed by atoms with E-state index in [0.717, 1.165) is 52.5 Å². The van der Waals surface area contributed by atoms with E-state index >= 15 is 0 Å². The van der Waals surface area contributed by atoms with Crippen LogP contribution in [0.2, 0.25) is 0 Å². The summed E-state index contributed by atoms with van der Waals surface area (Å²) in [6, 6.07) is 0. The summed E-state index contributed by atoms with van der Waals surface area (Å²) in [6.45, 7) is 5.78. The first-order valence-corrected chi connectivity index (χ1v) is 7.98. The van der Waals surface area contributed by atoms with Crippen LogP contribution in [0.3, 0.4) is 0 Å². The van der Waals surface area contributed by atoms with Gasteiger partial charge in [-0.15, -0.1) is 0 Å². The Morgan fingerprint density at radius 3 is 2.90 bits per heavy atom. The molecule has 1 aromatic rings. The molecule has 0 aliphatic heterocycles. The van der Waals surface area contributed by atoms with Crippen LogP contribution in [0.1, 0.15) is 43.7 Å². The van der Waals surface area contributed by atoms with E-state index in [0.29, 0.717) is 0 Å². The topological polar surface area (TPSA) is 51.2 Å². The molecule has 0 aromatic carbocycles. The van der Waals surface area contributed by atoms with Gasteiger partial charge in [0.1, 0.15) is 6.10 Å². The molecule has 0 spiro atoms. The standard InChI is InChI=1S/C14H19ClN2O2S/c1-4-12-13(8(2)17-20-12)16-14(18)19-9(3)10-6-5-7-11(10)15/h9H,4-7H2,1-3H3,(H,16,18). The van der Waals surface area contributed by atoms with Gasteiger partial charge in [-0.3, -0.25) is 5.32 Å². The Kier molecular flexibility index (Phi) is 5.05. The third-order valence-corrected chi connectivity index (χ3v) is 4.96. The third kappa shape index (κ3) is 3.33. The maximum absolute atomic E-state index is 12.0. The number of nitrogens with one attached hydrogen (secondary N) is 1. The van der Waals surface area contributed by atoms with Crippen LogP contribution in [0.25, 0.3) is 0 Å². The molecule has 1 unspecified atom stereocenters. The molecular formula is C14H19ClN2O2S. The van der Waals surface area contributed by atoms with Gasteiger partial charge in [0, 0.05) is 9.91 Å². The summed E-state index contributed by atoms with van der Waals surface area (Å²) in [5, 5.41) is 3.64. The van der Waals surface area contributed by atoms with Crippen molar-refractivity contribution >= 4 is 34.9 Å². The van der Waals surface area contributed by atoms with E-state index in [1.807, 2.05) is 20.8 Å². The molecule has 1 aromatic heterocycles. The van der Waals surface area contributed by atoms with Gasteiger partial charge in [-0.2, -0.15) is 4.37 Å². The van der Waals surface area contributed by atoms with Crippen LogP contribution in [-0.4, -0.2) is 16.6 Å². The number of amides is 1. The van der Waals surface area contributed by atoms with E-state index in [4.69, 9.17) is 16.3 Å². The van der Waals surface area contributed by atoms with E-state index in [2.05, 4.69) is 9.69 Å². The summed E-state index contributed by atoms with van der Waals surface area (Å²) in [5.41, 5.74) is 2.65. The minimum absolute atomic E-state index is 0.276. The second kappa shape index (κ2) is 6.59. The quantitative estimate of drug-likeness (QED) is 0.881. The largest absolute Gasteiger partial charge is 0.442 e. The Morgan fingerprint density at radius 2 is 2.30 bits per heavy atom. The molecule has 1 heterocycles. The lowest BCUT2D eigenvalue weighted by atomic mass is 10.1. The van der Waals surface area contributed by atoms with Gasteiger partial charge in [0.2, 0.25) is 0 Å². The monoisotopic (exact) mass is 314 g/mol. The summed E-state index contributed by atoms with van der Waals surface area (Å²) in [4.78, 5) is 13.0. The van der Waals surface area contributed by atoms with Crippen LogP contribution in [0.15, 0.2) is 10.6 Å². The highest BCUT2D eigenvalue weighted by Crippen LogP contribution is 2.32. The zero-order valence-electron chi connectivity index (χ0n) is 12.0. The van der Waals surface area contributed by atoms with E-state index < -0.39 is 6.09 Å². The first kappa shape index (κ1) is 15.3. The number of aromatic nitrogens is 1. The lowest BCUT2D eigenvalue weighted by Gasteiger charge is -2.16. The highest BCUT2D eigenvalue weighted by molar-refractivity contribution is 7.06. The lowest BCUT2D eigenvalue weighted by Crippen LogP contribution is -2.22. The zero-order chi connectivity index (χ0) is 14.7. The molecule has 1 N–H and O–H groups in total. The first-order valence-electron chi connectivity index (χ1n) is 6.83. The minimum atomic E-state index is -0.445. The van der Waals surface area contributed by atoms with Crippen molar-refractivity contribution < 1.29 is 9.53 Å². The number of nitrogens with zero attached hydrogens (tertiary/aromatic N) is 1. The Labute approximate surface area is 128 Å². The van der Waals surface area contributed by atoms with Crippen LogP contribution in [0.4, 0.5) is 10.5 Å². The highest BCUT2D eigenvalue weighted by Gasteiger charge is 2.22.